The molecule has 6 nitrogen and oxygen atoms in total. The number of aromatic nitrogens is 1. The number of thiazole rings is 1. The summed E-state index contributed by atoms with van der Waals surface area (Å²) in [6.45, 7) is 0.813. The molecule has 168 valence electrons. The van der Waals surface area contributed by atoms with Crippen molar-refractivity contribution in [3.63, 3.8) is 0 Å². The van der Waals surface area contributed by atoms with Gasteiger partial charge in [0.05, 0.1) is 22.0 Å². The van der Waals surface area contributed by atoms with Crippen molar-refractivity contribution in [1.82, 2.24) is 14.6 Å². The van der Waals surface area contributed by atoms with Gasteiger partial charge in [0.25, 0.3) is 0 Å². The Morgan fingerprint density at radius 1 is 1.25 bits per heavy atom. The predicted octanol–water partition coefficient (Wildman–Crippen LogP) is 4.11. The van der Waals surface area contributed by atoms with Crippen molar-refractivity contribution in [1.29, 1.82) is 0 Å². The van der Waals surface area contributed by atoms with Crippen LogP contribution in [0.15, 0.2) is 58.8 Å². The number of likely N-dealkylation sites (tertiary alicyclic amines) is 1. The van der Waals surface area contributed by atoms with Crippen LogP contribution in [0.3, 0.4) is 0 Å². The summed E-state index contributed by atoms with van der Waals surface area (Å²) in [5, 5.41) is 3.19. The summed E-state index contributed by atoms with van der Waals surface area (Å²) in [5.74, 6) is -0.733. The highest BCUT2D eigenvalue weighted by atomic mass is 35.5. The van der Waals surface area contributed by atoms with Gasteiger partial charge in [0.2, 0.25) is 15.9 Å². The number of piperidine rings is 1. The Hall–Kier alpha value is -2.33. The van der Waals surface area contributed by atoms with E-state index in [-0.39, 0.29) is 23.8 Å². The molecule has 1 aliphatic rings. The minimum atomic E-state index is -3.87. The highest BCUT2D eigenvalue weighted by molar-refractivity contribution is 7.89. The Morgan fingerprint density at radius 3 is 2.84 bits per heavy atom. The number of amides is 1. The van der Waals surface area contributed by atoms with Crippen LogP contribution in [0.1, 0.15) is 18.5 Å². The molecule has 1 unspecified atom stereocenters. The fourth-order valence-corrected chi connectivity index (χ4v) is 6.07. The number of halogens is 2. The lowest BCUT2D eigenvalue weighted by molar-refractivity contribution is -0.131. The normalized spacial score (nSPS) is 16.8. The van der Waals surface area contributed by atoms with Crippen LogP contribution in [0.25, 0.3) is 10.6 Å². The molecular weight excluding hydrogens is 473 g/mol. The fourth-order valence-electron chi connectivity index (χ4n) is 3.63. The SMILES string of the molecule is O=C(Cc1csc(-c2ccccc2Cl)n1)N1CCCC(NS(=O)(=O)c2cccc(F)c2)C1. The molecule has 0 bridgehead atoms. The molecule has 2 heterocycles. The molecule has 0 radical (unpaired) electrons. The van der Waals surface area contributed by atoms with E-state index in [1.807, 2.05) is 23.6 Å². The van der Waals surface area contributed by atoms with Crippen molar-refractivity contribution in [3.05, 3.63) is 70.4 Å². The predicted molar refractivity (Wildman–Crippen MR) is 123 cm³/mol. The first kappa shape index (κ1) is 22.8. The van der Waals surface area contributed by atoms with Gasteiger partial charge in [0, 0.05) is 30.1 Å². The lowest BCUT2D eigenvalue weighted by atomic mass is 10.1. The number of sulfonamides is 1. The molecule has 10 heteroatoms. The highest BCUT2D eigenvalue weighted by Gasteiger charge is 2.28. The van der Waals surface area contributed by atoms with E-state index < -0.39 is 21.9 Å². The summed E-state index contributed by atoms with van der Waals surface area (Å²) < 4.78 is 41.2. The number of rotatable bonds is 6. The lowest BCUT2D eigenvalue weighted by Gasteiger charge is -2.33. The molecule has 0 spiro atoms. The summed E-state index contributed by atoms with van der Waals surface area (Å²) in [6, 6.07) is 11.8. The van der Waals surface area contributed by atoms with E-state index >= 15 is 0 Å². The molecule has 0 saturated carbocycles. The Bertz CT molecular complexity index is 1230. The molecule has 32 heavy (non-hydrogen) atoms. The number of nitrogens with zero attached hydrogens (tertiary/aromatic N) is 2. The Morgan fingerprint density at radius 2 is 2.06 bits per heavy atom. The van der Waals surface area contributed by atoms with Crippen LogP contribution in [0.5, 0.6) is 0 Å². The summed E-state index contributed by atoms with van der Waals surface area (Å²) in [4.78, 5) is 18.9. The van der Waals surface area contributed by atoms with Gasteiger partial charge in [-0.15, -0.1) is 11.3 Å². The third kappa shape index (κ3) is 5.35. The molecule has 3 aromatic rings. The van der Waals surface area contributed by atoms with Gasteiger partial charge in [-0.05, 0) is 37.1 Å². The Balaban J connectivity index is 1.39. The smallest absolute Gasteiger partial charge is 0.240 e. The van der Waals surface area contributed by atoms with E-state index in [9.17, 15) is 17.6 Å². The first-order valence-corrected chi connectivity index (χ1v) is 12.8. The van der Waals surface area contributed by atoms with Crippen LogP contribution in [0, 0.1) is 5.82 Å². The molecule has 0 aliphatic carbocycles. The fraction of sp³-hybridized carbons (Fsp3) is 0.273. The molecule has 4 rings (SSSR count). The second-order valence-electron chi connectivity index (χ2n) is 7.56. The van der Waals surface area contributed by atoms with E-state index in [1.165, 1.54) is 29.5 Å². The number of hydrogen-bond donors (Lipinski definition) is 1. The zero-order valence-corrected chi connectivity index (χ0v) is 19.4. The topological polar surface area (TPSA) is 79.4 Å². The monoisotopic (exact) mass is 493 g/mol. The van der Waals surface area contributed by atoms with Crippen LogP contribution in [-0.4, -0.2) is 43.3 Å². The van der Waals surface area contributed by atoms with Crippen molar-refractivity contribution in [2.45, 2.75) is 30.2 Å². The number of nitrogens with one attached hydrogen (secondary N) is 1. The zero-order valence-electron chi connectivity index (χ0n) is 17.0. The van der Waals surface area contributed by atoms with Gasteiger partial charge >= 0.3 is 0 Å². The van der Waals surface area contributed by atoms with E-state index in [0.717, 1.165) is 16.6 Å². The molecule has 1 fully saturated rings. The number of benzene rings is 2. The minimum absolute atomic E-state index is 0.115. The second-order valence-corrected chi connectivity index (χ2v) is 10.5. The van der Waals surface area contributed by atoms with Crippen LogP contribution < -0.4 is 4.72 Å². The van der Waals surface area contributed by atoms with Gasteiger partial charge < -0.3 is 4.90 Å². The summed E-state index contributed by atoms with van der Waals surface area (Å²) in [5.41, 5.74) is 1.47. The average Bonchev–Trinajstić information content (AvgIpc) is 3.22. The van der Waals surface area contributed by atoms with E-state index in [0.29, 0.717) is 30.1 Å². The molecule has 1 aromatic heterocycles. The van der Waals surface area contributed by atoms with Crippen molar-refractivity contribution in [2.75, 3.05) is 13.1 Å². The first-order valence-electron chi connectivity index (χ1n) is 10.1. The van der Waals surface area contributed by atoms with E-state index in [2.05, 4.69) is 9.71 Å². The molecule has 1 N–H and O–H groups in total. The van der Waals surface area contributed by atoms with Gasteiger partial charge in [-0.25, -0.2) is 22.5 Å². The number of hydrogen-bond acceptors (Lipinski definition) is 5. The Kier molecular flexibility index (Phi) is 6.90. The van der Waals surface area contributed by atoms with Crippen molar-refractivity contribution in [2.24, 2.45) is 0 Å². The van der Waals surface area contributed by atoms with Crippen molar-refractivity contribution in [3.8, 4) is 10.6 Å². The lowest BCUT2D eigenvalue weighted by Crippen LogP contribution is -2.49. The average molecular weight is 494 g/mol. The van der Waals surface area contributed by atoms with Crippen LogP contribution in [-0.2, 0) is 21.2 Å². The second kappa shape index (κ2) is 9.66. The van der Waals surface area contributed by atoms with Gasteiger partial charge in [-0.2, -0.15) is 0 Å². The van der Waals surface area contributed by atoms with Gasteiger partial charge in [-0.1, -0.05) is 35.9 Å². The summed E-state index contributed by atoms with van der Waals surface area (Å²) >= 11 is 7.66. The molecule has 2 aromatic carbocycles. The van der Waals surface area contributed by atoms with Gasteiger partial charge in [0.1, 0.15) is 10.8 Å². The standard InChI is InChI=1S/C22H21ClFN3O3S2/c23-20-9-2-1-8-19(20)22-25-17(14-31-22)12-21(28)27-10-4-6-16(13-27)26-32(29,30)18-7-3-5-15(24)11-18/h1-3,5,7-9,11,14,16,26H,4,6,10,12-13H2. The molecule has 1 atom stereocenters. The molecular formula is C22H21ClFN3O3S2. The van der Waals surface area contributed by atoms with Crippen LogP contribution in [0.4, 0.5) is 4.39 Å². The van der Waals surface area contributed by atoms with Crippen molar-refractivity contribution >= 4 is 38.9 Å². The third-order valence-electron chi connectivity index (χ3n) is 5.19. The maximum Gasteiger partial charge on any atom is 0.240 e. The Labute approximate surface area is 195 Å². The van der Waals surface area contributed by atoms with Crippen LogP contribution >= 0.6 is 22.9 Å². The molecule has 1 amide bonds. The summed E-state index contributed by atoms with van der Waals surface area (Å²) in [7, 11) is -3.87. The van der Waals surface area contributed by atoms with E-state index in [4.69, 9.17) is 11.6 Å². The summed E-state index contributed by atoms with van der Waals surface area (Å²) in [6.07, 6.45) is 1.40. The van der Waals surface area contributed by atoms with Gasteiger partial charge in [0.15, 0.2) is 0 Å². The maximum absolute atomic E-state index is 13.4. The molecule has 1 aliphatic heterocycles. The third-order valence-corrected chi connectivity index (χ3v) is 7.96. The number of carbonyl (C=O) groups excluding carboxylic acids is 1. The first-order chi connectivity index (χ1) is 15.3. The zero-order chi connectivity index (χ0) is 22.7. The maximum atomic E-state index is 13.4. The van der Waals surface area contributed by atoms with Gasteiger partial charge in [-0.3, -0.25) is 4.79 Å². The van der Waals surface area contributed by atoms with Crippen molar-refractivity contribution < 1.29 is 17.6 Å². The highest BCUT2D eigenvalue weighted by Crippen LogP contribution is 2.30. The number of carbonyl (C=O) groups is 1. The largest absolute Gasteiger partial charge is 0.341 e. The van der Waals surface area contributed by atoms with E-state index in [1.54, 1.807) is 11.0 Å². The quantitative estimate of drug-likeness (QED) is 0.560. The van der Waals surface area contributed by atoms with Crippen LogP contribution in [0.2, 0.25) is 5.02 Å². The molecule has 1 saturated heterocycles. The minimum Gasteiger partial charge on any atom is -0.341 e.